The molecule has 0 aliphatic heterocycles. The number of terminal acetylenes is 1. The number of nitrogens with zero attached hydrogens (tertiary/aromatic N) is 2. The van der Waals surface area contributed by atoms with Crippen molar-refractivity contribution in [3.8, 4) is 12.3 Å². The van der Waals surface area contributed by atoms with Gasteiger partial charge in [0.15, 0.2) is 0 Å². The van der Waals surface area contributed by atoms with Gasteiger partial charge in [0.2, 0.25) is 5.95 Å². The molecule has 1 rings (SSSR count). The minimum atomic E-state index is 0.151. The fraction of sp³-hybridized carbons (Fsp3) is 0.250. The second-order valence-corrected chi connectivity index (χ2v) is 2.34. The molecule has 0 amide bonds. The van der Waals surface area contributed by atoms with Crippen molar-refractivity contribution in [2.24, 2.45) is 0 Å². The van der Waals surface area contributed by atoms with E-state index in [-0.39, 0.29) is 12.6 Å². The summed E-state index contributed by atoms with van der Waals surface area (Å²) in [5.74, 6) is 2.81. The third-order valence-electron chi connectivity index (χ3n) is 1.36. The van der Waals surface area contributed by atoms with E-state index in [1.54, 1.807) is 0 Å². The molecule has 0 aliphatic rings. The summed E-state index contributed by atoms with van der Waals surface area (Å²) in [5.41, 5.74) is 11.5. The van der Waals surface area contributed by atoms with Gasteiger partial charge in [-0.1, -0.05) is 5.92 Å². The van der Waals surface area contributed by atoms with E-state index in [1.165, 1.54) is 6.20 Å². The Balaban J connectivity index is 2.62. The number of rotatable bonds is 3. The Labute approximate surface area is 76.1 Å². The van der Waals surface area contributed by atoms with Gasteiger partial charge in [0.25, 0.3) is 0 Å². The summed E-state index contributed by atoms with van der Waals surface area (Å²) in [6.07, 6.45) is 6.52. The number of ether oxygens (including phenoxy) is 1. The highest BCUT2D eigenvalue weighted by Crippen LogP contribution is 2.08. The van der Waals surface area contributed by atoms with Crippen LogP contribution in [0.1, 0.15) is 5.56 Å². The second-order valence-electron chi connectivity index (χ2n) is 2.34. The third kappa shape index (κ3) is 2.61. The van der Waals surface area contributed by atoms with E-state index < -0.39 is 0 Å². The van der Waals surface area contributed by atoms with E-state index in [0.717, 1.165) is 0 Å². The Morgan fingerprint density at radius 1 is 1.54 bits per heavy atom. The summed E-state index contributed by atoms with van der Waals surface area (Å²) in [5, 5.41) is 0. The maximum atomic E-state index is 5.54. The van der Waals surface area contributed by atoms with Gasteiger partial charge in [0.05, 0.1) is 6.61 Å². The number of hydrogen-bond donors (Lipinski definition) is 2. The van der Waals surface area contributed by atoms with Gasteiger partial charge in [0.1, 0.15) is 12.4 Å². The Hall–Kier alpha value is -1.80. The maximum Gasteiger partial charge on any atom is 0.221 e. The van der Waals surface area contributed by atoms with Crippen LogP contribution in [0.4, 0.5) is 11.8 Å². The average molecular weight is 178 g/mol. The molecule has 0 spiro atoms. The van der Waals surface area contributed by atoms with E-state index >= 15 is 0 Å². The molecule has 1 aromatic heterocycles. The van der Waals surface area contributed by atoms with Crippen LogP contribution in [0.2, 0.25) is 0 Å². The lowest BCUT2D eigenvalue weighted by atomic mass is 10.3. The van der Waals surface area contributed by atoms with Gasteiger partial charge < -0.3 is 16.2 Å². The van der Waals surface area contributed by atoms with Crippen molar-refractivity contribution < 1.29 is 4.74 Å². The summed E-state index contributed by atoms with van der Waals surface area (Å²) in [4.78, 5) is 7.54. The largest absolute Gasteiger partial charge is 0.383 e. The van der Waals surface area contributed by atoms with Crippen molar-refractivity contribution in [2.45, 2.75) is 6.61 Å². The summed E-state index contributed by atoms with van der Waals surface area (Å²) in [6, 6.07) is 0. The van der Waals surface area contributed by atoms with E-state index in [4.69, 9.17) is 22.6 Å². The van der Waals surface area contributed by atoms with Gasteiger partial charge in [-0.2, -0.15) is 4.98 Å². The minimum absolute atomic E-state index is 0.151. The van der Waals surface area contributed by atoms with Crippen LogP contribution in [0, 0.1) is 12.3 Å². The Morgan fingerprint density at radius 3 is 2.92 bits per heavy atom. The summed E-state index contributed by atoms with van der Waals surface area (Å²) in [6.45, 7) is 0.542. The van der Waals surface area contributed by atoms with Crippen LogP contribution in [0.25, 0.3) is 0 Å². The van der Waals surface area contributed by atoms with Crippen LogP contribution < -0.4 is 11.5 Å². The molecule has 1 aromatic rings. The standard InChI is InChI=1S/C8H10N4O/c1-2-3-13-5-6-4-11-8(10)12-7(6)9/h1,4H,3,5H2,(H4,9,10,11,12). The van der Waals surface area contributed by atoms with Crippen molar-refractivity contribution >= 4 is 11.8 Å². The number of anilines is 2. The molecule has 0 unspecified atom stereocenters. The van der Waals surface area contributed by atoms with Crippen molar-refractivity contribution in [1.29, 1.82) is 0 Å². The van der Waals surface area contributed by atoms with Crippen LogP contribution in [-0.4, -0.2) is 16.6 Å². The van der Waals surface area contributed by atoms with Gasteiger partial charge in [-0.05, 0) is 0 Å². The molecule has 0 aliphatic carbocycles. The average Bonchev–Trinajstić information content (AvgIpc) is 2.09. The molecule has 0 saturated carbocycles. The monoisotopic (exact) mass is 178 g/mol. The number of hydrogen-bond acceptors (Lipinski definition) is 5. The molecule has 0 aromatic carbocycles. The Kier molecular flexibility index (Phi) is 3.06. The van der Waals surface area contributed by atoms with Crippen LogP contribution in [0.5, 0.6) is 0 Å². The quantitative estimate of drug-likeness (QED) is 0.494. The van der Waals surface area contributed by atoms with Crippen LogP contribution in [0.15, 0.2) is 6.20 Å². The molecule has 0 fully saturated rings. The molecule has 0 bridgehead atoms. The zero-order valence-corrected chi connectivity index (χ0v) is 7.03. The number of nitrogen functional groups attached to an aromatic ring is 2. The molecule has 68 valence electrons. The van der Waals surface area contributed by atoms with E-state index in [2.05, 4.69) is 15.9 Å². The van der Waals surface area contributed by atoms with E-state index in [9.17, 15) is 0 Å². The maximum absolute atomic E-state index is 5.54. The van der Waals surface area contributed by atoms with Crippen molar-refractivity contribution in [3.05, 3.63) is 11.8 Å². The minimum Gasteiger partial charge on any atom is -0.383 e. The number of nitrogens with two attached hydrogens (primary N) is 2. The number of aromatic nitrogens is 2. The SMILES string of the molecule is C#CCOCc1cnc(N)nc1N. The van der Waals surface area contributed by atoms with Gasteiger partial charge >= 0.3 is 0 Å². The van der Waals surface area contributed by atoms with Crippen LogP contribution in [-0.2, 0) is 11.3 Å². The second kappa shape index (κ2) is 4.28. The Morgan fingerprint density at radius 2 is 2.31 bits per heavy atom. The Bertz CT molecular complexity index is 331. The van der Waals surface area contributed by atoms with E-state index in [1.807, 2.05) is 0 Å². The first-order valence-electron chi connectivity index (χ1n) is 3.62. The lowest BCUT2D eigenvalue weighted by molar-refractivity contribution is 0.153. The first-order chi connectivity index (χ1) is 6.24. The third-order valence-corrected chi connectivity index (χ3v) is 1.36. The zero-order chi connectivity index (χ0) is 9.68. The molecule has 4 N–H and O–H groups in total. The van der Waals surface area contributed by atoms with Crippen molar-refractivity contribution in [3.63, 3.8) is 0 Å². The lowest BCUT2D eigenvalue weighted by Crippen LogP contribution is -2.04. The molecule has 0 radical (unpaired) electrons. The summed E-state index contributed by atoms with van der Waals surface area (Å²) in [7, 11) is 0. The van der Waals surface area contributed by atoms with Crippen molar-refractivity contribution in [1.82, 2.24) is 9.97 Å². The van der Waals surface area contributed by atoms with Gasteiger partial charge in [-0.25, -0.2) is 4.98 Å². The van der Waals surface area contributed by atoms with Gasteiger partial charge in [-0.15, -0.1) is 6.42 Å². The molecule has 0 saturated heterocycles. The summed E-state index contributed by atoms with van der Waals surface area (Å²) < 4.78 is 5.05. The fourth-order valence-electron chi connectivity index (χ4n) is 0.765. The normalized spacial score (nSPS) is 9.46. The molecular formula is C8H10N4O. The molecule has 1 heterocycles. The molecule has 5 heteroatoms. The molecule has 13 heavy (non-hydrogen) atoms. The molecular weight excluding hydrogens is 168 g/mol. The van der Waals surface area contributed by atoms with Crippen molar-refractivity contribution in [2.75, 3.05) is 18.1 Å². The predicted molar refractivity (Wildman–Crippen MR) is 49.3 cm³/mol. The lowest BCUT2D eigenvalue weighted by Gasteiger charge is -2.03. The predicted octanol–water partition coefficient (Wildman–Crippen LogP) is -0.209. The highest BCUT2D eigenvalue weighted by atomic mass is 16.5. The smallest absolute Gasteiger partial charge is 0.221 e. The molecule has 0 atom stereocenters. The first-order valence-corrected chi connectivity index (χ1v) is 3.62. The highest BCUT2D eigenvalue weighted by Gasteiger charge is 2.01. The highest BCUT2D eigenvalue weighted by molar-refractivity contribution is 5.40. The van der Waals surface area contributed by atoms with Gasteiger partial charge in [-0.3, -0.25) is 0 Å². The first kappa shape index (κ1) is 9.29. The fourth-order valence-corrected chi connectivity index (χ4v) is 0.765. The van der Waals surface area contributed by atoms with Crippen LogP contribution >= 0.6 is 0 Å². The van der Waals surface area contributed by atoms with Gasteiger partial charge in [0, 0.05) is 11.8 Å². The van der Waals surface area contributed by atoms with E-state index in [0.29, 0.717) is 18.0 Å². The topological polar surface area (TPSA) is 87.0 Å². The zero-order valence-electron chi connectivity index (χ0n) is 7.03. The summed E-state index contributed by atoms with van der Waals surface area (Å²) >= 11 is 0. The van der Waals surface area contributed by atoms with Crippen LogP contribution in [0.3, 0.4) is 0 Å². The molecule has 5 nitrogen and oxygen atoms in total.